The number of carboxylic acid groups (broad SMARTS) is 2. The van der Waals surface area contributed by atoms with Crippen LogP contribution in [0.4, 0.5) is 0 Å². The lowest BCUT2D eigenvalue weighted by atomic mass is 10.0. The molecule has 0 spiro atoms. The maximum Gasteiger partial charge on any atom is 0.307 e. The van der Waals surface area contributed by atoms with Gasteiger partial charge in [0, 0.05) is 41.6 Å². The Hall–Kier alpha value is -3.97. The molecule has 0 bridgehead atoms. The van der Waals surface area contributed by atoms with Crippen molar-refractivity contribution in [3.05, 3.63) is 101 Å². The number of hydrogen-bond donors (Lipinski definition) is 2. The smallest absolute Gasteiger partial charge is 0.307 e. The maximum absolute atomic E-state index is 11.5. The van der Waals surface area contributed by atoms with Gasteiger partial charge in [-0.3, -0.25) is 9.59 Å². The third-order valence-corrected chi connectivity index (χ3v) is 7.08. The van der Waals surface area contributed by atoms with E-state index in [1.807, 2.05) is 83.2 Å². The highest BCUT2D eigenvalue weighted by molar-refractivity contribution is 7.98. The number of ether oxygens (including phenoxy) is 1. The number of hydrogen-bond acceptors (Lipinski definition) is 4. The Morgan fingerprint density at radius 1 is 0.895 bits per heavy atom. The van der Waals surface area contributed by atoms with E-state index in [1.54, 1.807) is 0 Å². The molecule has 0 unspecified atom stereocenters. The summed E-state index contributed by atoms with van der Waals surface area (Å²) < 4.78 is 7.84. The molecule has 3 aromatic carbocycles. The summed E-state index contributed by atoms with van der Waals surface area (Å²) in [6, 6.07) is 24.2. The van der Waals surface area contributed by atoms with Crippen LogP contribution >= 0.6 is 11.8 Å². The normalized spacial score (nSPS) is 11.3. The first-order chi connectivity index (χ1) is 18.5. The molecular weight excluding hydrogens is 498 g/mol. The molecule has 4 aromatic rings. The average Bonchev–Trinajstić information content (AvgIpc) is 3.25. The Balaban J connectivity index is 1.40. The highest BCUT2D eigenvalue weighted by atomic mass is 32.2. The Labute approximate surface area is 226 Å². The standard InChI is InChI=1S/C31H31NO5S/c33-29(34)10-5-17-32-21-26(20-30(35)36)31-25(8-4-9-28(31)32)14-11-23-12-15-27(16-13-23)37-18-19-38-22-24-6-2-1-3-7-24/h1-4,6-9,11-16,21H,5,10,17-20,22H2,(H,33,34)(H,35,36)/b14-11+. The predicted octanol–water partition coefficient (Wildman–Crippen LogP) is 6.62. The van der Waals surface area contributed by atoms with Crippen LogP contribution in [0, 0.1) is 0 Å². The van der Waals surface area contributed by atoms with E-state index in [1.165, 1.54) is 5.56 Å². The van der Waals surface area contributed by atoms with Gasteiger partial charge in [-0.25, -0.2) is 0 Å². The van der Waals surface area contributed by atoms with Crippen molar-refractivity contribution in [1.29, 1.82) is 0 Å². The lowest BCUT2D eigenvalue weighted by Crippen LogP contribution is -2.01. The van der Waals surface area contributed by atoms with E-state index in [4.69, 9.17) is 9.84 Å². The van der Waals surface area contributed by atoms with Crippen LogP contribution in [0.1, 0.15) is 35.1 Å². The molecule has 0 saturated carbocycles. The lowest BCUT2D eigenvalue weighted by molar-refractivity contribution is -0.137. The van der Waals surface area contributed by atoms with Crippen LogP contribution in [0.3, 0.4) is 0 Å². The fourth-order valence-electron chi connectivity index (χ4n) is 4.33. The van der Waals surface area contributed by atoms with Crippen molar-refractivity contribution in [3.63, 3.8) is 0 Å². The number of nitrogens with zero attached hydrogens (tertiary/aromatic N) is 1. The van der Waals surface area contributed by atoms with Crippen LogP contribution in [0.15, 0.2) is 79.0 Å². The second-order valence-corrected chi connectivity index (χ2v) is 10.1. The molecule has 0 atom stereocenters. The minimum atomic E-state index is -0.901. The molecule has 4 rings (SSSR count). The van der Waals surface area contributed by atoms with Gasteiger partial charge in [0.1, 0.15) is 5.75 Å². The van der Waals surface area contributed by atoms with Crippen LogP contribution in [0.2, 0.25) is 0 Å². The summed E-state index contributed by atoms with van der Waals surface area (Å²) >= 11 is 1.85. The van der Waals surface area contributed by atoms with E-state index in [2.05, 4.69) is 24.3 Å². The summed E-state index contributed by atoms with van der Waals surface area (Å²) in [5, 5.41) is 19.3. The predicted molar refractivity (Wildman–Crippen MR) is 154 cm³/mol. The SMILES string of the molecule is O=C(O)CCCn1cc(CC(=O)O)c2c(/C=C/c3ccc(OCCSCc4ccccc4)cc3)cccc21. The molecule has 196 valence electrons. The zero-order chi connectivity index (χ0) is 26.7. The first kappa shape index (κ1) is 27.1. The summed E-state index contributed by atoms with van der Waals surface area (Å²) in [6.45, 7) is 1.16. The van der Waals surface area contributed by atoms with Crippen LogP contribution in [0.5, 0.6) is 5.75 Å². The monoisotopic (exact) mass is 529 g/mol. The second-order valence-electron chi connectivity index (χ2n) is 8.95. The number of carboxylic acids is 2. The van der Waals surface area contributed by atoms with Crippen molar-refractivity contribution in [3.8, 4) is 5.75 Å². The summed E-state index contributed by atoms with van der Waals surface area (Å²) in [5.41, 5.74) is 4.87. The Morgan fingerprint density at radius 2 is 1.68 bits per heavy atom. The molecule has 0 aliphatic rings. The largest absolute Gasteiger partial charge is 0.493 e. The zero-order valence-electron chi connectivity index (χ0n) is 21.1. The first-order valence-electron chi connectivity index (χ1n) is 12.6. The van der Waals surface area contributed by atoms with Gasteiger partial charge in [-0.2, -0.15) is 11.8 Å². The van der Waals surface area contributed by atoms with Gasteiger partial charge in [0.15, 0.2) is 0 Å². The van der Waals surface area contributed by atoms with E-state index in [9.17, 15) is 14.7 Å². The number of aromatic nitrogens is 1. The van der Waals surface area contributed by atoms with Crippen molar-refractivity contribution in [2.75, 3.05) is 12.4 Å². The van der Waals surface area contributed by atoms with Gasteiger partial charge in [-0.15, -0.1) is 0 Å². The van der Waals surface area contributed by atoms with E-state index in [0.29, 0.717) is 19.6 Å². The van der Waals surface area contributed by atoms with Crippen molar-refractivity contribution in [2.24, 2.45) is 0 Å². The van der Waals surface area contributed by atoms with Crippen LogP contribution in [0.25, 0.3) is 23.1 Å². The number of aryl methyl sites for hydroxylation is 1. The molecule has 1 aromatic heterocycles. The van der Waals surface area contributed by atoms with Crippen LogP contribution in [-0.4, -0.2) is 39.1 Å². The molecule has 7 heteroatoms. The van der Waals surface area contributed by atoms with Crippen molar-refractivity contribution >= 4 is 46.8 Å². The lowest BCUT2D eigenvalue weighted by Gasteiger charge is -2.07. The van der Waals surface area contributed by atoms with Gasteiger partial charge in [0.2, 0.25) is 0 Å². The molecule has 0 aliphatic carbocycles. The molecule has 0 radical (unpaired) electrons. The zero-order valence-corrected chi connectivity index (χ0v) is 21.9. The van der Waals surface area contributed by atoms with Gasteiger partial charge in [-0.05, 0) is 46.9 Å². The van der Waals surface area contributed by atoms with Gasteiger partial charge >= 0.3 is 11.9 Å². The van der Waals surface area contributed by atoms with Gasteiger partial charge in [0.05, 0.1) is 13.0 Å². The Morgan fingerprint density at radius 3 is 2.42 bits per heavy atom. The molecule has 0 aliphatic heterocycles. The molecule has 0 saturated heterocycles. The van der Waals surface area contributed by atoms with Gasteiger partial charge in [-0.1, -0.05) is 66.7 Å². The van der Waals surface area contributed by atoms with E-state index >= 15 is 0 Å². The van der Waals surface area contributed by atoms with E-state index in [-0.39, 0.29) is 12.8 Å². The number of fused-ring (bicyclic) bond motifs is 1. The number of thioether (sulfide) groups is 1. The highest BCUT2D eigenvalue weighted by Crippen LogP contribution is 2.28. The van der Waals surface area contributed by atoms with Crippen LogP contribution in [-0.2, 0) is 28.3 Å². The quantitative estimate of drug-likeness (QED) is 0.141. The highest BCUT2D eigenvalue weighted by Gasteiger charge is 2.14. The number of rotatable bonds is 14. The molecule has 2 N–H and O–H groups in total. The van der Waals surface area contributed by atoms with Crippen molar-refractivity contribution < 1.29 is 24.5 Å². The first-order valence-corrected chi connectivity index (χ1v) is 13.7. The Bertz CT molecular complexity index is 1390. The molecule has 6 nitrogen and oxygen atoms in total. The molecule has 0 amide bonds. The topological polar surface area (TPSA) is 88.8 Å². The fraction of sp³-hybridized carbons (Fsp3) is 0.226. The summed E-state index contributed by atoms with van der Waals surface area (Å²) in [6.07, 6.45) is 6.28. The van der Waals surface area contributed by atoms with Crippen molar-refractivity contribution in [1.82, 2.24) is 4.57 Å². The van der Waals surface area contributed by atoms with E-state index < -0.39 is 11.9 Å². The summed E-state index contributed by atoms with van der Waals surface area (Å²) in [5.74, 6) is 0.971. The number of benzene rings is 3. The van der Waals surface area contributed by atoms with Crippen molar-refractivity contribution in [2.45, 2.75) is 31.6 Å². The van der Waals surface area contributed by atoms with Gasteiger partial charge in [0.25, 0.3) is 0 Å². The number of carbonyl (C=O) groups is 2. The minimum Gasteiger partial charge on any atom is -0.493 e. The Kier molecular flexibility index (Phi) is 9.65. The van der Waals surface area contributed by atoms with Gasteiger partial charge < -0.3 is 19.5 Å². The maximum atomic E-state index is 11.5. The number of aliphatic carboxylic acids is 2. The molecule has 1 heterocycles. The average molecular weight is 530 g/mol. The second kappa shape index (κ2) is 13.5. The molecular formula is C31H31NO5S. The molecule has 38 heavy (non-hydrogen) atoms. The third-order valence-electron chi connectivity index (χ3n) is 6.09. The summed E-state index contributed by atoms with van der Waals surface area (Å²) in [7, 11) is 0. The van der Waals surface area contributed by atoms with Crippen LogP contribution < -0.4 is 4.74 Å². The molecule has 0 fully saturated rings. The fourth-order valence-corrected chi connectivity index (χ4v) is 5.11. The minimum absolute atomic E-state index is 0.0692. The van der Waals surface area contributed by atoms with E-state index in [0.717, 1.165) is 44.8 Å². The summed E-state index contributed by atoms with van der Waals surface area (Å²) in [4.78, 5) is 22.4. The third kappa shape index (κ3) is 7.76.